The molecule has 1 aliphatic rings. The van der Waals surface area contributed by atoms with Gasteiger partial charge in [-0.1, -0.05) is 6.42 Å². The number of hydrogen-bond acceptors (Lipinski definition) is 3. The molecule has 0 bridgehead atoms. The Balaban J connectivity index is 0.00000162. The fraction of sp³-hybridized carbons (Fsp3) is 0.769. The highest BCUT2D eigenvalue weighted by atomic mass is 35.5. The van der Waals surface area contributed by atoms with Crippen molar-refractivity contribution in [2.45, 2.75) is 51.7 Å². The second-order valence-corrected chi connectivity index (χ2v) is 4.84. The Morgan fingerprint density at radius 2 is 2.28 bits per heavy atom. The van der Waals surface area contributed by atoms with Crippen LogP contribution in [0.25, 0.3) is 0 Å². The number of hydrogen-bond donors (Lipinski definition) is 1. The van der Waals surface area contributed by atoms with Crippen LogP contribution in [0.2, 0.25) is 0 Å². The lowest BCUT2D eigenvalue weighted by atomic mass is 9.99. The Morgan fingerprint density at radius 3 is 3.00 bits per heavy atom. The van der Waals surface area contributed by atoms with Crippen LogP contribution >= 0.6 is 12.4 Å². The fourth-order valence-corrected chi connectivity index (χ4v) is 2.77. The molecule has 0 saturated carbocycles. The minimum Gasteiger partial charge on any atom is -0.330 e. The highest BCUT2D eigenvalue weighted by Crippen LogP contribution is 2.21. The second-order valence-electron chi connectivity index (χ2n) is 4.84. The zero-order valence-electron chi connectivity index (χ0n) is 11.2. The maximum Gasteiger partial charge on any atom is 0.0524 e. The minimum atomic E-state index is 0. The molecule has 2 heterocycles. The predicted octanol–water partition coefficient (Wildman–Crippen LogP) is 2.03. The normalized spacial score (nSPS) is 20.7. The van der Waals surface area contributed by atoms with E-state index in [1.165, 1.54) is 31.5 Å². The third kappa shape index (κ3) is 3.70. The maximum atomic E-state index is 5.71. The molecule has 1 unspecified atom stereocenters. The SMILES string of the molecule is CCn1nccc1CN1CCCCC1CCN.Cl. The Bertz CT molecular complexity index is 337. The van der Waals surface area contributed by atoms with E-state index in [-0.39, 0.29) is 12.4 Å². The molecule has 0 amide bonds. The molecule has 1 atom stereocenters. The molecular weight excluding hydrogens is 248 g/mol. The summed E-state index contributed by atoms with van der Waals surface area (Å²) in [5, 5.41) is 4.34. The highest BCUT2D eigenvalue weighted by Gasteiger charge is 2.22. The molecule has 1 fully saturated rings. The van der Waals surface area contributed by atoms with Gasteiger partial charge in [-0.25, -0.2) is 0 Å². The molecule has 2 N–H and O–H groups in total. The van der Waals surface area contributed by atoms with Crippen molar-refractivity contribution >= 4 is 12.4 Å². The van der Waals surface area contributed by atoms with Crippen molar-refractivity contribution < 1.29 is 0 Å². The number of rotatable bonds is 5. The van der Waals surface area contributed by atoms with Crippen LogP contribution in [0.1, 0.15) is 38.3 Å². The van der Waals surface area contributed by atoms with Gasteiger partial charge in [0.25, 0.3) is 0 Å². The van der Waals surface area contributed by atoms with Gasteiger partial charge in [-0.3, -0.25) is 9.58 Å². The lowest BCUT2D eigenvalue weighted by Gasteiger charge is -2.35. The van der Waals surface area contributed by atoms with E-state index >= 15 is 0 Å². The van der Waals surface area contributed by atoms with E-state index in [2.05, 4.69) is 27.7 Å². The number of nitrogens with zero attached hydrogens (tertiary/aromatic N) is 3. The van der Waals surface area contributed by atoms with Crippen LogP contribution in [0.4, 0.5) is 0 Å². The van der Waals surface area contributed by atoms with Crippen LogP contribution in [0.15, 0.2) is 12.3 Å². The Morgan fingerprint density at radius 1 is 1.44 bits per heavy atom. The summed E-state index contributed by atoms with van der Waals surface area (Å²) in [5.41, 5.74) is 7.04. The zero-order valence-corrected chi connectivity index (χ0v) is 12.0. The number of nitrogens with two attached hydrogens (primary N) is 1. The molecule has 0 spiro atoms. The van der Waals surface area contributed by atoms with E-state index in [0.29, 0.717) is 6.04 Å². The summed E-state index contributed by atoms with van der Waals surface area (Å²) in [6.45, 7) is 6.13. The topological polar surface area (TPSA) is 47.1 Å². The number of piperidine rings is 1. The van der Waals surface area contributed by atoms with Crippen molar-refractivity contribution in [2.24, 2.45) is 5.73 Å². The van der Waals surface area contributed by atoms with Crippen molar-refractivity contribution in [3.63, 3.8) is 0 Å². The van der Waals surface area contributed by atoms with Gasteiger partial charge in [0.05, 0.1) is 5.69 Å². The summed E-state index contributed by atoms with van der Waals surface area (Å²) in [6.07, 6.45) is 7.01. The lowest BCUT2D eigenvalue weighted by molar-refractivity contribution is 0.130. The molecule has 18 heavy (non-hydrogen) atoms. The van der Waals surface area contributed by atoms with E-state index in [4.69, 9.17) is 5.73 Å². The summed E-state index contributed by atoms with van der Waals surface area (Å²) < 4.78 is 2.09. The molecule has 0 aliphatic carbocycles. The van der Waals surface area contributed by atoms with Gasteiger partial charge in [-0.15, -0.1) is 12.4 Å². The van der Waals surface area contributed by atoms with Crippen LogP contribution in [0.3, 0.4) is 0 Å². The van der Waals surface area contributed by atoms with Gasteiger partial charge in [0, 0.05) is 25.3 Å². The van der Waals surface area contributed by atoms with Gasteiger partial charge >= 0.3 is 0 Å². The van der Waals surface area contributed by atoms with Gasteiger partial charge in [0.15, 0.2) is 0 Å². The molecule has 1 aromatic rings. The second kappa shape index (κ2) is 7.77. The van der Waals surface area contributed by atoms with E-state index in [1.54, 1.807) is 0 Å². The van der Waals surface area contributed by atoms with E-state index in [9.17, 15) is 0 Å². The molecule has 1 aliphatic heterocycles. The first-order valence-corrected chi connectivity index (χ1v) is 6.80. The summed E-state index contributed by atoms with van der Waals surface area (Å²) in [5.74, 6) is 0. The number of halogens is 1. The molecule has 4 nitrogen and oxygen atoms in total. The Kier molecular flexibility index (Phi) is 6.68. The molecule has 104 valence electrons. The summed E-state index contributed by atoms with van der Waals surface area (Å²) in [6, 6.07) is 2.81. The van der Waals surface area contributed by atoms with Crippen molar-refractivity contribution in [1.82, 2.24) is 14.7 Å². The molecule has 2 rings (SSSR count). The van der Waals surface area contributed by atoms with Crippen LogP contribution < -0.4 is 5.73 Å². The average molecular weight is 273 g/mol. The number of aromatic nitrogens is 2. The average Bonchev–Trinajstić information content (AvgIpc) is 2.79. The van der Waals surface area contributed by atoms with Crippen molar-refractivity contribution in [3.8, 4) is 0 Å². The largest absolute Gasteiger partial charge is 0.330 e. The standard InChI is InChI=1S/C13H24N4.ClH/c1-2-17-13(7-9-15-17)11-16-10-4-3-5-12(16)6-8-14;/h7,9,12H,2-6,8,10-11,14H2,1H3;1H. The maximum absolute atomic E-state index is 5.71. The molecule has 1 saturated heterocycles. The first-order valence-electron chi connectivity index (χ1n) is 6.80. The molecule has 1 aromatic heterocycles. The molecular formula is C13H25ClN4. The predicted molar refractivity (Wildman–Crippen MR) is 76.9 cm³/mol. The van der Waals surface area contributed by atoms with Crippen LogP contribution in [-0.4, -0.2) is 33.8 Å². The quantitative estimate of drug-likeness (QED) is 0.892. The first-order chi connectivity index (χ1) is 8.35. The van der Waals surface area contributed by atoms with E-state index < -0.39 is 0 Å². The highest BCUT2D eigenvalue weighted by molar-refractivity contribution is 5.85. The Hall–Kier alpha value is -0.580. The minimum absolute atomic E-state index is 0. The van der Waals surface area contributed by atoms with Crippen molar-refractivity contribution in [3.05, 3.63) is 18.0 Å². The molecule has 5 heteroatoms. The van der Waals surface area contributed by atoms with Gasteiger partial charge in [-0.2, -0.15) is 5.10 Å². The van der Waals surface area contributed by atoms with Crippen LogP contribution in [0.5, 0.6) is 0 Å². The third-order valence-corrected chi connectivity index (χ3v) is 3.72. The van der Waals surface area contributed by atoms with Gasteiger partial charge < -0.3 is 5.73 Å². The number of likely N-dealkylation sites (tertiary alicyclic amines) is 1. The van der Waals surface area contributed by atoms with E-state index in [1.807, 2.05) is 6.20 Å². The van der Waals surface area contributed by atoms with E-state index in [0.717, 1.165) is 26.1 Å². The van der Waals surface area contributed by atoms with Gasteiger partial charge in [0.2, 0.25) is 0 Å². The molecule has 0 radical (unpaired) electrons. The smallest absolute Gasteiger partial charge is 0.0524 e. The summed E-state index contributed by atoms with van der Waals surface area (Å²) >= 11 is 0. The monoisotopic (exact) mass is 272 g/mol. The number of aryl methyl sites for hydroxylation is 1. The first kappa shape index (κ1) is 15.5. The van der Waals surface area contributed by atoms with Crippen molar-refractivity contribution in [1.29, 1.82) is 0 Å². The van der Waals surface area contributed by atoms with Crippen LogP contribution in [-0.2, 0) is 13.1 Å². The summed E-state index contributed by atoms with van der Waals surface area (Å²) in [7, 11) is 0. The van der Waals surface area contributed by atoms with Crippen LogP contribution in [0, 0.1) is 0 Å². The summed E-state index contributed by atoms with van der Waals surface area (Å²) in [4.78, 5) is 2.58. The Labute approximate surface area is 116 Å². The lowest BCUT2D eigenvalue weighted by Crippen LogP contribution is -2.40. The fourth-order valence-electron chi connectivity index (χ4n) is 2.77. The van der Waals surface area contributed by atoms with Gasteiger partial charge in [0.1, 0.15) is 0 Å². The third-order valence-electron chi connectivity index (χ3n) is 3.72. The van der Waals surface area contributed by atoms with Crippen molar-refractivity contribution in [2.75, 3.05) is 13.1 Å². The zero-order chi connectivity index (χ0) is 12.1. The molecule has 0 aromatic carbocycles. The van der Waals surface area contributed by atoms with Gasteiger partial charge in [-0.05, 0) is 45.3 Å².